The minimum atomic E-state index is -0.877. The Labute approximate surface area is 325 Å². The highest BCUT2D eigenvalue weighted by atomic mass is 16.5. The second-order valence-corrected chi connectivity index (χ2v) is 20.4. The van der Waals surface area contributed by atoms with Gasteiger partial charge in [-0.15, -0.1) is 0 Å². The lowest BCUT2D eigenvalue weighted by Gasteiger charge is -2.71. The third-order valence-electron chi connectivity index (χ3n) is 17.4. The van der Waals surface area contributed by atoms with Crippen LogP contribution in [0.4, 0.5) is 0 Å². The molecule has 4 saturated carbocycles. The largest absolute Gasteiger partial charge is 0.497 e. The molecule has 4 heteroatoms. The van der Waals surface area contributed by atoms with Gasteiger partial charge in [-0.3, -0.25) is 0 Å². The van der Waals surface area contributed by atoms with Gasteiger partial charge in [0.2, 0.25) is 0 Å². The summed E-state index contributed by atoms with van der Waals surface area (Å²) in [6.07, 6.45) is 11.5. The van der Waals surface area contributed by atoms with Crippen molar-refractivity contribution < 1.29 is 19.7 Å². The molecule has 0 bridgehead atoms. The number of ether oxygens (including phenoxy) is 2. The summed E-state index contributed by atoms with van der Waals surface area (Å²) in [6.45, 7) is 17.8. The zero-order valence-corrected chi connectivity index (χ0v) is 34.3. The van der Waals surface area contributed by atoms with Crippen molar-refractivity contribution in [1.82, 2.24) is 0 Å². The topological polar surface area (TPSA) is 58.9 Å². The normalized spacial score (nSPS) is 40.0. The highest BCUT2D eigenvalue weighted by Crippen LogP contribution is 2.76. The standard InChI is InChI=1S/C50H66O4/c1-44(2)31-39-38-23-24-41-46(4)27-26-42(51)47(5,40(46)25-28-49(41,7)48(38,6)30-29-45(39,3)43(52)32-44)33-54-50(34-15-11-9-12-16-34,35-17-13-10-14-18-35)36-19-21-37(53-8)22-20-36/h9-23,39-43,51-52H,24-33H2,1-8H3/t39-,40?,41+,42-,43+,45+,46-,47+,48+,49+/m0/s1. The van der Waals surface area contributed by atoms with Crippen LogP contribution >= 0.6 is 0 Å². The average Bonchev–Trinajstić information content (AvgIpc) is 3.16. The summed E-state index contributed by atoms with van der Waals surface area (Å²) in [5, 5.41) is 23.9. The van der Waals surface area contributed by atoms with Crippen LogP contribution in [0, 0.1) is 50.2 Å². The first-order valence-electron chi connectivity index (χ1n) is 21.0. The highest BCUT2D eigenvalue weighted by Gasteiger charge is 2.69. The van der Waals surface area contributed by atoms with Crippen LogP contribution in [0.5, 0.6) is 5.75 Å². The maximum atomic E-state index is 12.3. The summed E-state index contributed by atoms with van der Waals surface area (Å²) < 4.78 is 13.2. The lowest BCUT2D eigenvalue weighted by Crippen LogP contribution is -2.66. The molecular formula is C50H66O4. The zero-order valence-electron chi connectivity index (χ0n) is 34.3. The fraction of sp³-hybridized carbons (Fsp3) is 0.600. The van der Waals surface area contributed by atoms with E-state index in [0.29, 0.717) is 24.4 Å². The minimum absolute atomic E-state index is 0.0378. The summed E-state index contributed by atoms with van der Waals surface area (Å²) >= 11 is 0. The van der Waals surface area contributed by atoms with Gasteiger partial charge < -0.3 is 19.7 Å². The van der Waals surface area contributed by atoms with E-state index >= 15 is 0 Å². The monoisotopic (exact) mass is 730 g/mol. The predicted molar refractivity (Wildman–Crippen MR) is 218 cm³/mol. The zero-order chi connectivity index (χ0) is 38.4. The molecule has 0 aromatic heterocycles. The van der Waals surface area contributed by atoms with Crippen molar-refractivity contribution >= 4 is 0 Å². The lowest BCUT2D eigenvalue weighted by molar-refractivity contribution is -0.227. The molecular weight excluding hydrogens is 665 g/mol. The molecule has 3 aromatic rings. The molecule has 4 fully saturated rings. The van der Waals surface area contributed by atoms with Crippen LogP contribution in [-0.2, 0) is 10.3 Å². The molecule has 0 amide bonds. The second kappa shape index (κ2) is 13.1. The molecule has 1 unspecified atom stereocenters. The van der Waals surface area contributed by atoms with E-state index in [9.17, 15) is 10.2 Å². The van der Waals surface area contributed by atoms with E-state index in [2.05, 4.69) is 127 Å². The molecule has 0 radical (unpaired) electrons. The first-order valence-corrected chi connectivity index (χ1v) is 21.0. The Hall–Kier alpha value is -2.92. The average molecular weight is 731 g/mol. The first-order chi connectivity index (χ1) is 25.6. The number of allylic oxidation sites excluding steroid dienone is 2. The fourth-order valence-corrected chi connectivity index (χ4v) is 13.9. The molecule has 4 nitrogen and oxygen atoms in total. The van der Waals surface area contributed by atoms with Gasteiger partial charge >= 0.3 is 0 Å². The molecule has 5 aliphatic carbocycles. The van der Waals surface area contributed by atoms with Crippen LogP contribution in [0.15, 0.2) is 96.6 Å². The van der Waals surface area contributed by atoms with Crippen molar-refractivity contribution in [3.63, 3.8) is 0 Å². The molecule has 0 saturated heterocycles. The Morgan fingerprint density at radius 1 is 0.648 bits per heavy atom. The Kier molecular flexibility index (Phi) is 9.19. The second-order valence-electron chi connectivity index (χ2n) is 20.4. The van der Waals surface area contributed by atoms with Crippen LogP contribution in [0.1, 0.15) is 123 Å². The van der Waals surface area contributed by atoms with Gasteiger partial charge in [0.25, 0.3) is 0 Å². The lowest BCUT2D eigenvalue weighted by atomic mass is 9.33. The van der Waals surface area contributed by atoms with E-state index in [1.54, 1.807) is 12.7 Å². The van der Waals surface area contributed by atoms with Crippen LogP contribution in [-0.4, -0.2) is 36.1 Å². The van der Waals surface area contributed by atoms with Crippen molar-refractivity contribution in [2.24, 2.45) is 50.2 Å². The van der Waals surface area contributed by atoms with Gasteiger partial charge in [-0.05, 0) is 126 Å². The van der Waals surface area contributed by atoms with Crippen LogP contribution in [0.2, 0.25) is 0 Å². The molecule has 0 aliphatic heterocycles. The van der Waals surface area contributed by atoms with Crippen molar-refractivity contribution in [1.29, 1.82) is 0 Å². The Morgan fingerprint density at radius 2 is 1.26 bits per heavy atom. The number of aliphatic hydroxyl groups excluding tert-OH is 2. The maximum absolute atomic E-state index is 12.3. The molecule has 2 N–H and O–H groups in total. The van der Waals surface area contributed by atoms with E-state index in [1.165, 1.54) is 6.42 Å². The molecule has 3 aromatic carbocycles. The number of rotatable bonds is 7. The molecule has 290 valence electrons. The van der Waals surface area contributed by atoms with Crippen LogP contribution in [0.25, 0.3) is 0 Å². The minimum Gasteiger partial charge on any atom is -0.497 e. The first kappa shape index (κ1) is 38.0. The van der Waals surface area contributed by atoms with E-state index in [-0.39, 0.29) is 33.2 Å². The van der Waals surface area contributed by atoms with Crippen molar-refractivity contribution in [3.05, 3.63) is 113 Å². The number of fused-ring (bicyclic) bond motifs is 7. The maximum Gasteiger partial charge on any atom is 0.143 e. The third kappa shape index (κ3) is 5.39. The van der Waals surface area contributed by atoms with Crippen molar-refractivity contribution in [3.8, 4) is 5.75 Å². The molecule has 10 atom stereocenters. The van der Waals surface area contributed by atoms with Gasteiger partial charge in [0, 0.05) is 10.8 Å². The number of benzene rings is 3. The summed E-state index contributed by atoms with van der Waals surface area (Å²) in [7, 11) is 1.71. The Morgan fingerprint density at radius 3 is 1.87 bits per heavy atom. The predicted octanol–water partition coefficient (Wildman–Crippen LogP) is 11.1. The molecule has 54 heavy (non-hydrogen) atoms. The number of hydrogen-bond acceptors (Lipinski definition) is 4. The Balaban J connectivity index is 1.18. The van der Waals surface area contributed by atoms with Gasteiger partial charge in [0.1, 0.15) is 11.4 Å². The summed E-state index contributed by atoms with van der Waals surface area (Å²) in [4.78, 5) is 0. The van der Waals surface area contributed by atoms with Gasteiger partial charge in [-0.25, -0.2) is 0 Å². The quantitative estimate of drug-likeness (QED) is 0.188. The van der Waals surface area contributed by atoms with Gasteiger partial charge in [-0.1, -0.05) is 133 Å². The van der Waals surface area contributed by atoms with Crippen LogP contribution < -0.4 is 4.74 Å². The SMILES string of the molecule is COc1ccc(C(OC[C@]2(C)C3CC[C@]4(C)[C@H](CC=C5[C@@H]6CC(C)(C)C[C@@H](O)[C@]6(C)CC[C@]54C)[C@@]3(C)CC[C@@H]2O)(c2ccccc2)c2ccccc2)cc1. The molecule has 8 rings (SSSR count). The van der Waals surface area contributed by atoms with E-state index in [0.717, 1.165) is 73.8 Å². The number of hydrogen-bond donors (Lipinski definition) is 2. The fourth-order valence-electron chi connectivity index (χ4n) is 13.9. The molecule has 5 aliphatic rings. The van der Waals surface area contributed by atoms with Crippen LogP contribution in [0.3, 0.4) is 0 Å². The molecule has 0 spiro atoms. The van der Waals surface area contributed by atoms with Crippen molar-refractivity contribution in [2.45, 2.75) is 124 Å². The smallest absolute Gasteiger partial charge is 0.143 e. The van der Waals surface area contributed by atoms with E-state index in [1.807, 2.05) is 12.1 Å². The van der Waals surface area contributed by atoms with Gasteiger partial charge in [0.05, 0.1) is 25.9 Å². The third-order valence-corrected chi connectivity index (χ3v) is 17.4. The van der Waals surface area contributed by atoms with Gasteiger partial charge in [0.15, 0.2) is 0 Å². The summed E-state index contributed by atoms with van der Waals surface area (Å²) in [5.74, 6) is 2.08. The Bertz CT molecular complexity index is 1810. The van der Waals surface area contributed by atoms with E-state index in [4.69, 9.17) is 9.47 Å². The summed E-state index contributed by atoms with van der Waals surface area (Å²) in [5.41, 5.74) is 3.97. The van der Waals surface area contributed by atoms with E-state index < -0.39 is 17.1 Å². The summed E-state index contributed by atoms with van der Waals surface area (Å²) in [6, 6.07) is 29.6. The molecule has 0 heterocycles. The highest BCUT2D eigenvalue weighted by molar-refractivity contribution is 5.49. The van der Waals surface area contributed by atoms with Gasteiger partial charge in [-0.2, -0.15) is 0 Å². The number of aliphatic hydroxyl groups is 2. The van der Waals surface area contributed by atoms with Crippen molar-refractivity contribution in [2.75, 3.05) is 13.7 Å². The number of methoxy groups -OCH3 is 1.